The maximum atomic E-state index is 14.1. The first-order valence-electron chi connectivity index (χ1n) is 13.8. The molecule has 1 N–H and O–H groups in total. The van der Waals surface area contributed by atoms with E-state index in [-0.39, 0.29) is 29.7 Å². The van der Waals surface area contributed by atoms with E-state index in [0.29, 0.717) is 0 Å². The molecule has 0 unspecified atom stereocenters. The largest absolute Gasteiger partial charge is 0.459 e. The van der Waals surface area contributed by atoms with Crippen LogP contribution in [0, 0.1) is 0 Å². The van der Waals surface area contributed by atoms with Crippen LogP contribution >= 0.6 is 0 Å². The SMILES string of the molecule is CCn1c2ccccc2c2cc([C@H](C(=O)NC3CCCC3)N(C(=O)c3ccco3)C3CCCC3)ccc21. The van der Waals surface area contributed by atoms with Crippen molar-refractivity contribution in [1.82, 2.24) is 14.8 Å². The number of hydrogen-bond acceptors (Lipinski definition) is 3. The molecular formula is C31H35N3O3. The van der Waals surface area contributed by atoms with Gasteiger partial charge in [-0.15, -0.1) is 0 Å². The van der Waals surface area contributed by atoms with E-state index < -0.39 is 6.04 Å². The van der Waals surface area contributed by atoms with Crippen molar-refractivity contribution in [3.8, 4) is 0 Å². The number of hydrogen-bond donors (Lipinski definition) is 1. The zero-order chi connectivity index (χ0) is 25.4. The minimum atomic E-state index is -0.713. The Morgan fingerprint density at radius 3 is 2.41 bits per heavy atom. The molecule has 1 atom stereocenters. The lowest BCUT2D eigenvalue weighted by atomic mass is 9.98. The van der Waals surface area contributed by atoms with E-state index in [0.717, 1.165) is 74.4 Å². The van der Waals surface area contributed by atoms with E-state index >= 15 is 0 Å². The number of aromatic nitrogens is 1. The molecule has 2 aromatic heterocycles. The molecule has 2 saturated carbocycles. The third-order valence-corrected chi connectivity index (χ3v) is 8.34. The summed E-state index contributed by atoms with van der Waals surface area (Å²) < 4.78 is 7.86. The van der Waals surface area contributed by atoms with Gasteiger partial charge in [0.2, 0.25) is 5.91 Å². The zero-order valence-corrected chi connectivity index (χ0v) is 21.5. The van der Waals surface area contributed by atoms with Gasteiger partial charge in [-0.3, -0.25) is 9.59 Å². The van der Waals surface area contributed by atoms with Gasteiger partial charge in [-0.1, -0.05) is 49.9 Å². The average molecular weight is 498 g/mol. The summed E-state index contributed by atoms with van der Waals surface area (Å²) >= 11 is 0. The van der Waals surface area contributed by atoms with E-state index in [9.17, 15) is 9.59 Å². The van der Waals surface area contributed by atoms with Gasteiger partial charge in [0.25, 0.3) is 5.91 Å². The van der Waals surface area contributed by atoms with Crippen molar-refractivity contribution in [3.63, 3.8) is 0 Å². The van der Waals surface area contributed by atoms with E-state index in [2.05, 4.69) is 53.2 Å². The summed E-state index contributed by atoms with van der Waals surface area (Å²) in [6.07, 6.45) is 9.71. The molecule has 2 amide bonds. The predicted octanol–water partition coefficient (Wildman–Crippen LogP) is 6.59. The molecule has 6 heteroatoms. The van der Waals surface area contributed by atoms with Crippen LogP contribution < -0.4 is 5.32 Å². The van der Waals surface area contributed by atoms with Gasteiger partial charge in [0.05, 0.1) is 6.26 Å². The molecule has 2 aliphatic carbocycles. The van der Waals surface area contributed by atoms with E-state index in [4.69, 9.17) is 4.42 Å². The fourth-order valence-electron chi connectivity index (χ4n) is 6.57. The number of nitrogens with zero attached hydrogens (tertiary/aromatic N) is 2. The van der Waals surface area contributed by atoms with Crippen molar-refractivity contribution in [3.05, 3.63) is 72.2 Å². The average Bonchev–Trinajstić information content (AvgIpc) is 3.73. The van der Waals surface area contributed by atoms with Crippen molar-refractivity contribution in [2.45, 2.75) is 83.0 Å². The Hall–Kier alpha value is -3.54. The molecule has 192 valence electrons. The van der Waals surface area contributed by atoms with Crippen LogP contribution in [0.2, 0.25) is 0 Å². The number of furan rings is 1. The molecular weight excluding hydrogens is 462 g/mol. The van der Waals surface area contributed by atoms with Gasteiger partial charge in [0.1, 0.15) is 6.04 Å². The van der Waals surface area contributed by atoms with Crippen molar-refractivity contribution in [2.24, 2.45) is 0 Å². The number of carbonyl (C=O) groups is 2. The maximum absolute atomic E-state index is 14.1. The number of amides is 2. The van der Waals surface area contributed by atoms with Gasteiger partial charge in [-0.05, 0) is 68.5 Å². The normalized spacial score (nSPS) is 17.5. The topological polar surface area (TPSA) is 67.5 Å². The van der Waals surface area contributed by atoms with Gasteiger partial charge in [0, 0.05) is 40.4 Å². The second-order valence-corrected chi connectivity index (χ2v) is 10.6. The molecule has 37 heavy (non-hydrogen) atoms. The Bertz CT molecular complexity index is 1410. The monoisotopic (exact) mass is 497 g/mol. The highest BCUT2D eigenvalue weighted by Gasteiger charge is 2.40. The van der Waals surface area contributed by atoms with Gasteiger partial charge in [-0.2, -0.15) is 0 Å². The Morgan fingerprint density at radius 1 is 0.946 bits per heavy atom. The molecule has 2 aliphatic rings. The Morgan fingerprint density at radius 2 is 1.68 bits per heavy atom. The second-order valence-electron chi connectivity index (χ2n) is 10.6. The van der Waals surface area contributed by atoms with Crippen molar-refractivity contribution in [2.75, 3.05) is 0 Å². The molecule has 0 aliphatic heterocycles. The maximum Gasteiger partial charge on any atom is 0.290 e. The predicted molar refractivity (Wildman–Crippen MR) is 145 cm³/mol. The van der Waals surface area contributed by atoms with Gasteiger partial charge in [-0.25, -0.2) is 0 Å². The molecule has 2 fully saturated rings. The molecule has 2 aromatic carbocycles. The Kier molecular flexibility index (Phi) is 6.49. The summed E-state index contributed by atoms with van der Waals surface area (Å²) in [5.74, 6) is -0.00827. The lowest BCUT2D eigenvalue weighted by molar-refractivity contribution is -0.127. The highest BCUT2D eigenvalue weighted by molar-refractivity contribution is 6.08. The quantitative estimate of drug-likeness (QED) is 0.313. The number of para-hydroxylation sites is 1. The second kappa shape index (κ2) is 10.1. The number of fused-ring (bicyclic) bond motifs is 3. The zero-order valence-electron chi connectivity index (χ0n) is 21.5. The first-order chi connectivity index (χ1) is 18.2. The third-order valence-electron chi connectivity index (χ3n) is 8.34. The van der Waals surface area contributed by atoms with Crippen LogP contribution in [0.5, 0.6) is 0 Å². The number of carbonyl (C=O) groups excluding carboxylic acids is 2. The highest BCUT2D eigenvalue weighted by Crippen LogP contribution is 2.37. The molecule has 0 saturated heterocycles. The summed E-state index contributed by atoms with van der Waals surface area (Å²) in [6, 6.07) is 17.6. The van der Waals surface area contributed by atoms with Crippen LogP contribution in [0.3, 0.4) is 0 Å². The van der Waals surface area contributed by atoms with Crippen LogP contribution in [0.25, 0.3) is 21.8 Å². The van der Waals surface area contributed by atoms with Gasteiger partial charge >= 0.3 is 0 Å². The van der Waals surface area contributed by atoms with Gasteiger partial charge in [0.15, 0.2) is 5.76 Å². The van der Waals surface area contributed by atoms with Crippen LogP contribution in [0.1, 0.15) is 80.5 Å². The van der Waals surface area contributed by atoms with E-state index in [1.807, 2.05) is 11.0 Å². The molecule has 0 spiro atoms. The third kappa shape index (κ3) is 4.32. The summed E-state index contributed by atoms with van der Waals surface area (Å²) in [7, 11) is 0. The summed E-state index contributed by atoms with van der Waals surface area (Å²) in [5.41, 5.74) is 3.18. The number of benzene rings is 2. The van der Waals surface area contributed by atoms with E-state index in [1.165, 1.54) is 17.2 Å². The van der Waals surface area contributed by atoms with Crippen LogP contribution in [0.15, 0.2) is 65.3 Å². The summed E-state index contributed by atoms with van der Waals surface area (Å²) in [6.45, 7) is 3.02. The summed E-state index contributed by atoms with van der Waals surface area (Å²) in [4.78, 5) is 29.8. The molecule has 0 radical (unpaired) electrons. The van der Waals surface area contributed by atoms with Gasteiger partial charge < -0.3 is 19.2 Å². The van der Waals surface area contributed by atoms with Crippen LogP contribution in [0.4, 0.5) is 0 Å². The van der Waals surface area contributed by atoms with Crippen molar-refractivity contribution >= 4 is 33.6 Å². The molecule has 6 nitrogen and oxygen atoms in total. The molecule has 0 bridgehead atoms. The standard InChI is InChI=1S/C31H35N3O3/c1-2-33-26-15-8-7-14-24(26)25-20-21(17-18-27(25)33)29(30(35)32-22-10-3-4-11-22)34(23-12-5-6-13-23)31(36)28-16-9-19-37-28/h7-9,14-20,22-23,29H,2-6,10-13H2,1H3,(H,32,35)/t29-/m1/s1. The fraction of sp³-hybridized carbons (Fsp3) is 0.419. The number of nitrogens with one attached hydrogen (secondary N) is 1. The minimum Gasteiger partial charge on any atom is -0.459 e. The number of aryl methyl sites for hydroxylation is 1. The van der Waals surface area contributed by atoms with E-state index in [1.54, 1.807) is 12.1 Å². The van der Waals surface area contributed by atoms with Crippen molar-refractivity contribution < 1.29 is 14.0 Å². The summed E-state index contributed by atoms with van der Waals surface area (Å²) in [5, 5.41) is 5.60. The lowest BCUT2D eigenvalue weighted by Gasteiger charge is -2.36. The Balaban J connectivity index is 1.50. The number of rotatable bonds is 7. The van der Waals surface area contributed by atoms with Crippen LogP contribution in [-0.4, -0.2) is 33.4 Å². The first-order valence-corrected chi connectivity index (χ1v) is 13.8. The van der Waals surface area contributed by atoms with Crippen LogP contribution in [-0.2, 0) is 11.3 Å². The molecule has 2 heterocycles. The Labute approximate surface area is 217 Å². The molecule has 6 rings (SSSR count). The fourth-order valence-corrected chi connectivity index (χ4v) is 6.57. The first kappa shape index (κ1) is 23.8. The smallest absolute Gasteiger partial charge is 0.290 e. The highest BCUT2D eigenvalue weighted by atomic mass is 16.3. The molecule has 4 aromatic rings. The van der Waals surface area contributed by atoms with Crippen molar-refractivity contribution in [1.29, 1.82) is 0 Å². The minimum absolute atomic E-state index is 0.00427. The lowest BCUT2D eigenvalue weighted by Crippen LogP contribution is -2.49.